The zero-order valence-corrected chi connectivity index (χ0v) is 8.77. The Bertz CT molecular complexity index is 196. The van der Waals surface area contributed by atoms with E-state index in [2.05, 4.69) is 0 Å². The number of epoxide rings is 1. The molecular formula is C9H18O7. The smallest absolute Gasteiger partial charge is 0.111 e. The summed E-state index contributed by atoms with van der Waals surface area (Å²) >= 11 is 0. The molecule has 7 nitrogen and oxygen atoms in total. The molecule has 96 valence electrons. The number of aliphatic hydroxyl groups is 5. The van der Waals surface area contributed by atoms with Crippen LogP contribution >= 0.6 is 0 Å². The van der Waals surface area contributed by atoms with Gasteiger partial charge in [0, 0.05) is 0 Å². The van der Waals surface area contributed by atoms with E-state index >= 15 is 0 Å². The molecule has 16 heavy (non-hydrogen) atoms. The molecule has 0 aliphatic carbocycles. The maximum atomic E-state index is 9.40. The fourth-order valence-electron chi connectivity index (χ4n) is 1.15. The first-order chi connectivity index (χ1) is 7.56. The molecule has 0 aromatic rings. The summed E-state index contributed by atoms with van der Waals surface area (Å²) in [4.78, 5) is 0. The molecule has 0 bridgehead atoms. The Morgan fingerprint density at radius 2 is 1.69 bits per heavy atom. The normalized spacial score (nSPS) is 27.2. The van der Waals surface area contributed by atoms with Crippen molar-refractivity contribution in [2.24, 2.45) is 0 Å². The molecule has 0 amide bonds. The maximum Gasteiger partial charge on any atom is 0.111 e. The summed E-state index contributed by atoms with van der Waals surface area (Å²) in [6.07, 6.45) is -5.94. The van der Waals surface area contributed by atoms with Crippen LogP contribution in [-0.4, -0.2) is 82.5 Å². The second-order valence-electron chi connectivity index (χ2n) is 3.79. The van der Waals surface area contributed by atoms with E-state index in [1.807, 2.05) is 0 Å². The molecule has 1 aliphatic rings. The molecule has 1 fully saturated rings. The van der Waals surface area contributed by atoms with Crippen molar-refractivity contribution in [1.29, 1.82) is 0 Å². The van der Waals surface area contributed by atoms with Gasteiger partial charge in [-0.05, 0) is 0 Å². The number of rotatable bonds is 8. The largest absolute Gasteiger partial charge is 0.394 e. The molecule has 0 aromatic carbocycles. The third kappa shape index (κ3) is 4.30. The van der Waals surface area contributed by atoms with Gasteiger partial charge in [-0.2, -0.15) is 0 Å². The van der Waals surface area contributed by atoms with E-state index in [4.69, 9.17) is 19.7 Å². The molecule has 1 heterocycles. The van der Waals surface area contributed by atoms with Crippen LogP contribution in [0.4, 0.5) is 0 Å². The fourth-order valence-corrected chi connectivity index (χ4v) is 1.15. The summed E-state index contributed by atoms with van der Waals surface area (Å²) in [6.45, 7) is 0.0882. The number of hydrogen-bond donors (Lipinski definition) is 5. The van der Waals surface area contributed by atoms with Crippen LogP contribution < -0.4 is 0 Å². The van der Waals surface area contributed by atoms with E-state index in [1.165, 1.54) is 0 Å². The second-order valence-corrected chi connectivity index (χ2v) is 3.79. The minimum Gasteiger partial charge on any atom is -0.394 e. The van der Waals surface area contributed by atoms with Crippen LogP contribution in [-0.2, 0) is 9.47 Å². The standard InChI is InChI=1S/C9H18O7/c10-1-6(11)8(13)9(14)7(12)4-15-2-5-3-16-5/h5-14H,1-4H2/t5?,6-,7-,8-,9-/m1/s1. The van der Waals surface area contributed by atoms with Gasteiger partial charge in [0.05, 0.1) is 26.4 Å². The topological polar surface area (TPSA) is 123 Å². The lowest BCUT2D eigenvalue weighted by Gasteiger charge is -2.25. The van der Waals surface area contributed by atoms with Crippen LogP contribution in [0.5, 0.6) is 0 Å². The van der Waals surface area contributed by atoms with Gasteiger partial charge in [0.2, 0.25) is 0 Å². The highest BCUT2D eigenvalue weighted by Gasteiger charge is 2.30. The quantitative estimate of drug-likeness (QED) is 0.283. The third-order valence-corrected chi connectivity index (χ3v) is 2.32. The zero-order chi connectivity index (χ0) is 12.1. The van der Waals surface area contributed by atoms with Gasteiger partial charge in [-0.25, -0.2) is 0 Å². The number of hydrogen-bond acceptors (Lipinski definition) is 7. The van der Waals surface area contributed by atoms with E-state index < -0.39 is 31.0 Å². The van der Waals surface area contributed by atoms with Crippen LogP contribution in [0.3, 0.4) is 0 Å². The average molecular weight is 238 g/mol. The van der Waals surface area contributed by atoms with Crippen LogP contribution in [0.1, 0.15) is 0 Å². The lowest BCUT2D eigenvalue weighted by molar-refractivity contribution is -0.129. The molecule has 1 rings (SSSR count). The SMILES string of the molecule is OC[C@@H](O)[C@@H](O)[C@H](O)[C@H](O)COCC1CO1. The van der Waals surface area contributed by atoms with Crippen molar-refractivity contribution in [2.75, 3.05) is 26.4 Å². The number of ether oxygens (including phenoxy) is 2. The second kappa shape index (κ2) is 6.45. The molecule has 7 heteroatoms. The predicted molar refractivity (Wildman–Crippen MR) is 51.7 cm³/mol. The van der Waals surface area contributed by atoms with Crippen molar-refractivity contribution in [3.8, 4) is 0 Å². The Morgan fingerprint density at radius 1 is 1.12 bits per heavy atom. The van der Waals surface area contributed by atoms with Crippen molar-refractivity contribution in [2.45, 2.75) is 30.5 Å². The Balaban J connectivity index is 2.19. The first kappa shape index (κ1) is 13.8. The summed E-state index contributed by atoms with van der Waals surface area (Å²) in [6, 6.07) is 0. The molecule has 5 N–H and O–H groups in total. The highest BCUT2D eigenvalue weighted by Crippen LogP contribution is 2.10. The summed E-state index contributed by atoms with van der Waals surface area (Å²) in [7, 11) is 0. The van der Waals surface area contributed by atoms with E-state index in [9.17, 15) is 15.3 Å². The maximum absolute atomic E-state index is 9.40. The molecule has 1 saturated heterocycles. The van der Waals surface area contributed by atoms with Gasteiger partial charge in [-0.3, -0.25) is 0 Å². The van der Waals surface area contributed by atoms with Crippen molar-refractivity contribution in [3.63, 3.8) is 0 Å². The minimum atomic E-state index is -1.61. The molecule has 0 radical (unpaired) electrons. The first-order valence-corrected chi connectivity index (χ1v) is 5.08. The Morgan fingerprint density at radius 3 is 2.19 bits per heavy atom. The van der Waals surface area contributed by atoms with Crippen LogP contribution in [0, 0.1) is 0 Å². The van der Waals surface area contributed by atoms with E-state index in [0.29, 0.717) is 13.2 Å². The molecule has 5 atom stereocenters. The summed E-state index contributed by atoms with van der Waals surface area (Å²) in [5.74, 6) is 0. The van der Waals surface area contributed by atoms with Crippen molar-refractivity contribution in [3.05, 3.63) is 0 Å². The summed E-state index contributed by atoms with van der Waals surface area (Å²) in [5, 5.41) is 45.6. The van der Waals surface area contributed by atoms with E-state index in [0.717, 1.165) is 0 Å². The lowest BCUT2D eigenvalue weighted by Crippen LogP contribution is -2.47. The van der Waals surface area contributed by atoms with Gasteiger partial charge in [0.1, 0.15) is 30.5 Å². The highest BCUT2D eigenvalue weighted by molar-refractivity contribution is 4.80. The Hall–Kier alpha value is -0.280. The van der Waals surface area contributed by atoms with E-state index in [1.54, 1.807) is 0 Å². The van der Waals surface area contributed by atoms with Crippen molar-refractivity contribution < 1.29 is 35.0 Å². The Labute approximate surface area is 92.9 Å². The fraction of sp³-hybridized carbons (Fsp3) is 1.00. The zero-order valence-electron chi connectivity index (χ0n) is 8.77. The molecule has 0 saturated carbocycles. The average Bonchev–Trinajstić information content (AvgIpc) is 3.09. The van der Waals surface area contributed by atoms with Gasteiger partial charge in [-0.15, -0.1) is 0 Å². The molecule has 1 aliphatic heterocycles. The third-order valence-electron chi connectivity index (χ3n) is 2.32. The number of aliphatic hydroxyl groups excluding tert-OH is 5. The predicted octanol–water partition coefficient (Wildman–Crippen LogP) is -3.16. The lowest BCUT2D eigenvalue weighted by atomic mass is 10.0. The minimum absolute atomic E-state index is 0.0531. The first-order valence-electron chi connectivity index (χ1n) is 5.08. The molecule has 1 unspecified atom stereocenters. The summed E-state index contributed by atoms with van der Waals surface area (Å²) in [5.41, 5.74) is 0. The monoisotopic (exact) mass is 238 g/mol. The van der Waals surface area contributed by atoms with E-state index in [-0.39, 0.29) is 12.7 Å². The highest BCUT2D eigenvalue weighted by atomic mass is 16.6. The molecule has 0 aromatic heterocycles. The van der Waals surface area contributed by atoms with Crippen molar-refractivity contribution >= 4 is 0 Å². The van der Waals surface area contributed by atoms with Crippen LogP contribution in [0.25, 0.3) is 0 Å². The van der Waals surface area contributed by atoms with Crippen molar-refractivity contribution in [1.82, 2.24) is 0 Å². The molecular weight excluding hydrogens is 220 g/mol. The van der Waals surface area contributed by atoms with Gasteiger partial charge in [-0.1, -0.05) is 0 Å². The van der Waals surface area contributed by atoms with Crippen LogP contribution in [0.2, 0.25) is 0 Å². The van der Waals surface area contributed by atoms with Gasteiger partial charge in [0.25, 0.3) is 0 Å². The van der Waals surface area contributed by atoms with Crippen LogP contribution in [0.15, 0.2) is 0 Å². The van der Waals surface area contributed by atoms with Gasteiger partial charge in [0.15, 0.2) is 0 Å². The Kier molecular flexibility index (Phi) is 5.56. The summed E-state index contributed by atoms with van der Waals surface area (Å²) < 4.78 is 9.88. The molecule has 0 spiro atoms. The van der Waals surface area contributed by atoms with Gasteiger partial charge >= 0.3 is 0 Å². The van der Waals surface area contributed by atoms with Gasteiger partial charge < -0.3 is 35.0 Å².